The van der Waals surface area contributed by atoms with Crippen molar-refractivity contribution in [2.75, 3.05) is 39.4 Å². The minimum Gasteiger partial charge on any atom is -0.347 e. The van der Waals surface area contributed by atoms with Crippen LogP contribution >= 0.6 is 0 Å². The van der Waals surface area contributed by atoms with Crippen LogP contribution in [0.25, 0.3) is 0 Å². The molecule has 4 heterocycles. The predicted octanol–water partition coefficient (Wildman–Crippen LogP) is 1.39. The summed E-state index contributed by atoms with van der Waals surface area (Å²) in [6.45, 7) is 3.69. The standard InChI is InChI=1S/C23H29N3O5/c27-20-16-25(22(29)19-3-1-2-10-26(19)20)15-17-4-6-18(7-5-17)21(28)24-11-8-23(9-12-24)30-13-14-31-23/h4-7,19H,1-3,8-16H2. The number of rotatable bonds is 3. The van der Waals surface area contributed by atoms with Gasteiger partial charge >= 0.3 is 0 Å². The molecule has 4 aliphatic heterocycles. The lowest BCUT2D eigenvalue weighted by Gasteiger charge is -2.42. The van der Waals surface area contributed by atoms with E-state index in [0.717, 1.165) is 24.8 Å². The summed E-state index contributed by atoms with van der Waals surface area (Å²) in [5.74, 6) is -0.416. The van der Waals surface area contributed by atoms with E-state index in [2.05, 4.69) is 0 Å². The molecule has 4 saturated heterocycles. The van der Waals surface area contributed by atoms with E-state index in [4.69, 9.17) is 9.47 Å². The zero-order valence-electron chi connectivity index (χ0n) is 17.8. The molecule has 0 N–H and O–H groups in total. The quantitative estimate of drug-likeness (QED) is 0.728. The number of ether oxygens (including phenoxy) is 2. The zero-order chi connectivity index (χ0) is 21.4. The molecule has 1 atom stereocenters. The SMILES string of the molecule is O=C(c1ccc(CN2CC(=O)N3CCCCC3C2=O)cc1)N1CCC2(CC1)OCCO2. The van der Waals surface area contributed by atoms with Crippen LogP contribution in [0, 0.1) is 0 Å². The Morgan fingerprint density at radius 2 is 1.71 bits per heavy atom. The Kier molecular flexibility index (Phi) is 5.44. The molecule has 0 radical (unpaired) electrons. The van der Waals surface area contributed by atoms with E-state index in [1.807, 2.05) is 29.2 Å². The maximum absolute atomic E-state index is 12.9. The van der Waals surface area contributed by atoms with Gasteiger partial charge in [0, 0.05) is 44.6 Å². The first kappa shape index (κ1) is 20.5. The second-order valence-electron chi connectivity index (χ2n) is 8.89. The normalized spacial score (nSPS) is 25.8. The van der Waals surface area contributed by atoms with Crippen LogP contribution in [0.2, 0.25) is 0 Å². The van der Waals surface area contributed by atoms with E-state index in [1.165, 1.54) is 0 Å². The minimum atomic E-state index is -0.493. The highest BCUT2D eigenvalue weighted by atomic mass is 16.7. The highest BCUT2D eigenvalue weighted by Gasteiger charge is 2.41. The predicted molar refractivity (Wildman–Crippen MR) is 111 cm³/mol. The molecule has 3 amide bonds. The van der Waals surface area contributed by atoms with Gasteiger partial charge in [0.15, 0.2) is 5.79 Å². The molecule has 31 heavy (non-hydrogen) atoms. The molecule has 0 aromatic heterocycles. The van der Waals surface area contributed by atoms with E-state index in [9.17, 15) is 14.4 Å². The molecule has 1 spiro atoms. The van der Waals surface area contributed by atoms with Crippen LogP contribution in [0.3, 0.4) is 0 Å². The van der Waals surface area contributed by atoms with Crippen molar-refractivity contribution in [1.82, 2.24) is 14.7 Å². The first-order valence-corrected chi connectivity index (χ1v) is 11.3. The molecule has 0 bridgehead atoms. The summed E-state index contributed by atoms with van der Waals surface area (Å²) in [5, 5.41) is 0. The molecular formula is C23H29N3O5. The van der Waals surface area contributed by atoms with Crippen LogP contribution in [0.4, 0.5) is 0 Å². The molecule has 5 rings (SSSR count). The van der Waals surface area contributed by atoms with Gasteiger partial charge < -0.3 is 24.2 Å². The highest BCUT2D eigenvalue weighted by Crippen LogP contribution is 2.32. The van der Waals surface area contributed by atoms with E-state index >= 15 is 0 Å². The summed E-state index contributed by atoms with van der Waals surface area (Å²) < 4.78 is 11.5. The topological polar surface area (TPSA) is 79.4 Å². The molecule has 0 saturated carbocycles. The fourth-order valence-electron chi connectivity index (χ4n) is 5.16. The molecule has 4 aliphatic rings. The Morgan fingerprint density at radius 3 is 2.42 bits per heavy atom. The highest BCUT2D eigenvalue weighted by molar-refractivity contribution is 5.95. The van der Waals surface area contributed by atoms with Gasteiger partial charge in [-0.25, -0.2) is 0 Å². The summed E-state index contributed by atoms with van der Waals surface area (Å²) in [6.07, 6.45) is 4.10. The van der Waals surface area contributed by atoms with E-state index in [1.54, 1.807) is 9.80 Å². The summed E-state index contributed by atoms with van der Waals surface area (Å²) in [6, 6.07) is 7.09. The van der Waals surface area contributed by atoms with Crippen molar-refractivity contribution in [1.29, 1.82) is 0 Å². The lowest BCUT2D eigenvalue weighted by molar-refractivity contribution is -0.181. The molecule has 166 valence electrons. The minimum absolute atomic E-state index is 0.00136. The average molecular weight is 428 g/mol. The van der Waals surface area contributed by atoms with Crippen molar-refractivity contribution in [2.24, 2.45) is 0 Å². The van der Waals surface area contributed by atoms with Gasteiger partial charge in [0.2, 0.25) is 11.8 Å². The van der Waals surface area contributed by atoms with Gasteiger partial charge in [-0.3, -0.25) is 14.4 Å². The van der Waals surface area contributed by atoms with Crippen LogP contribution < -0.4 is 0 Å². The van der Waals surface area contributed by atoms with Crippen molar-refractivity contribution in [3.05, 3.63) is 35.4 Å². The second-order valence-corrected chi connectivity index (χ2v) is 8.89. The van der Waals surface area contributed by atoms with Crippen LogP contribution in [-0.2, 0) is 25.6 Å². The van der Waals surface area contributed by atoms with Gasteiger partial charge in [-0.05, 0) is 37.0 Å². The number of hydrogen-bond acceptors (Lipinski definition) is 5. The van der Waals surface area contributed by atoms with E-state index in [-0.39, 0.29) is 30.3 Å². The van der Waals surface area contributed by atoms with Crippen LogP contribution in [0.1, 0.15) is 48.0 Å². The van der Waals surface area contributed by atoms with Crippen molar-refractivity contribution in [3.8, 4) is 0 Å². The number of carbonyl (C=O) groups excluding carboxylic acids is 3. The molecule has 0 aliphatic carbocycles. The Balaban J connectivity index is 1.20. The monoisotopic (exact) mass is 427 g/mol. The fraction of sp³-hybridized carbons (Fsp3) is 0.609. The number of benzene rings is 1. The number of piperidine rings is 2. The number of carbonyl (C=O) groups is 3. The van der Waals surface area contributed by atoms with Gasteiger partial charge in [-0.1, -0.05) is 12.1 Å². The molecular weight excluding hydrogens is 398 g/mol. The van der Waals surface area contributed by atoms with Crippen molar-refractivity contribution >= 4 is 17.7 Å². The molecule has 1 aromatic carbocycles. The Morgan fingerprint density at radius 1 is 1.00 bits per heavy atom. The van der Waals surface area contributed by atoms with Crippen LogP contribution in [0.5, 0.6) is 0 Å². The Hall–Kier alpha value is -2.45. The van der Waals surface area contributed by atoms with Gasteiger partial charge in [0.1, 0.15) is 12.6 Å². The third-order valence-corrected chi connectivity index (χ3v) is 6.95. The molecule has 8 heteroatoms. The largest absolute Gasteiger partial charge is 0.347 e. The summed E-state index contributed by atoms with van der Waals surface area (Å²) >= 11 is 0. The number of nitrogens with zero attached hydrogens (tertiary/aromatic N) is 3. The van der Waals surface area contributed by atoms with Crippen molar-refractivity contribution in [2.45, 2.75) is 50.5 Å². The number of piperazine rings is 1. The lowest BCUT2D eigenvalue weighted by atomic mass is 9.98. The van der Waals surface area contributed by atoms with Crippen LogP contribution in [-0.4, -0.2) is 83.6 Å². The van der Waals surface area contributed by atoms with E-state index in [0.29, 0.717) is 57.8 Å². The first-order chi connectivity index (χ1) is 15.0. The fourth-order valence-corrected chi connectivity index (χ4v) is 5.16. The number of fused-ring (bicyclic) bond motifs is 1. The summed E-state index contributed by atoms with van der Waals surface area (Å²) in [5.41, 5.74) is 1.56. The van der Waals surface area contributed by atoms with Crippen LogP contribution in [0.15, 0.2) is 24.3 Å². The van der Waals surface area contributed by atoms with Gasteiger partial charge in [-0.15, -0.1) is 0 Å². The van der Waals surface area contributed by atoms with Gasteiger partial charge in [0.05, 0.1) is 13.2 Å². The van der Waals surface area contributed by atoms with Crippen molar-refractivity contribution < 1.29 is 23.9 Å². The second kappa shape index (κ2) is 8.24. The third-order valence-electron chi connectivity index (χ3n) is 6.95. The lowest BCUT2D eigenvalue weighted by Crippen LogP contribution is -2.60. The molecule has 4 fully saturated rings. The van der Waals surface area contributed by atoms with Gasteiger partial charge in [0.25, 0.3) is 5.91 Å². The maximum Gasteiger partial charge on any atom is 0.253 e. The Bertz CT molecular complexity index is 854. The third kappa shape index (κ3) is 3.94. The molecule has 1 aromatic rings. The summed E-state index contributed by atoms with van der Waals surface area (Å²) in [4.78, 5) is 43.4. The maximum atomic E-state index is 12.9. The average Bonchev–Trinajstić information content (AvgIpc) is 3.26. The first-order valence-electron chi connectivity index (χ1n) is 11.3. The summed E-state index contributed by atoms with van der Waals surface area (Å²) in [7, 11) is 0. The van der Waals surface area contributed by atoms with Gasteiger partial charge in [-0.2, -0.15) is 0 Å². The van der Waals surface area contributed by atoms with E-state index < -0.39 is 5.79 Å². The Labute approximate surface area is 182 Å². The smallest absolute Gasteiger partial charge is 0.253 e. The molecule has 1 unspecified atom stereocenters. The molecule has 8 nitrogen and oxygen atoms in total. The number of likely N-dealkylation sites (tertiary alicyclic amines) is 1. The number of amides is 3. The number of hydrogen-bond donors (Lipinski definition) is 0. The van der Waals surface area contributed by atoms with Crippen molar-refractivity contribution in [3.63, 3.8) is 0 Å². The zero-order valence-corrected chi connectivity index (χ0v) is 17.8.